The number of aromatic amines is 1. The molecule has 0 atom stereocenters. The second kappa shape index (κ2) is 16.4. The van der Waals surface area contributed by atoms with E-state index < -0.39 is 0 Å². The van der Waals surface area contributed by atoms with Crippen LogP contribution in [0.4, 0.5) is 0 Å². The fourth-order valence-corrected chi connectivity index (χ4v) is 11.5. The number of benzene rings is 10. The van der Waals surface area contributed by atoms with Crippen molar-refractivity contribution in [1.82, 2.24) is 19.9 Å². The summed E-state index contributed by atoms with van der Waals surface area (Å²) in [5.41, 5.74) is 20.8. The lowest BCUT2D eigenvalue weighted by atomic mass is 9.81. The van der Waals surface area contributed by atoms with E-state index in [9.17, 15) is 0 Å². The van der Waals surface area contributed by atoms with Gasteiger partial charge in [-0.15, -0.1) is 0 Å². The first kappa shape index (κ1) is 42.2. The molecule has 0 spiro atoms. The largest absolute Gasteiger partial charge is 0.456 e. The molecule has 340 valence electrons. The molecule has 13 aromatic rings. The molecule has 0 radical (unpaired) electrons. The Kier molecular flexibility index (Phi) is 9.64. The molecule has 1 N–H and O–H groups in total. The van der Waals surface area contributed by atoms with Gasteiger partial charge in [0, 0.05) is 59.2 Å². The number of fused-ring (bicyclic) bond motifs is 9. The van der Waals surface area contributed by atoms with E-state index in [2.05, 4.69) is 223 Å². The molecular formula is C66H43BrN4O. The summed E-state index contributed by atoms with van der Waals surface area (Å²) in [6.07, 6.45) is 0. The molecule has 1 aliphatic carbocycles. The van der Waals surface area contributed by atoms with E-state index in [4.69, 9.17) is 19.4 Å². The van der Waals surface area contributed by atoms with Gasteiger partial charge in [-0.05, 0) is 128 Å². The molecule has 72 heavy (non-hydrogen) atoms. The smallest absolute Gasteiger partial charge is 0.164 e. The van der Waals surface area contributed by atoms with E-state index in [1.807, 2.05) is 30.3 Å². The van der Waals surface area contributed by atoms with E-state index in [-0.39, 0.29) is 5.41 Å². The fraction of sp³-hybridized carbons (Fsp3) is 0.0455. The Balaban J connectivity index is 0.831. The third kappa shape index (κ3) is 7.01. The van der Waals surface area contributed by atoms with Crippen molar-refractivity contribution in [3.8, 4) is 89.8 Å². The summed E-state index contributed by atoms with van der Waals surface area (Å²) in [4.78, 5) is 19.3. The van der Waals surface area contributed by atoms with Crippen LogP contribution < -0.4 is 0 Å². The predicted octanol–water partition coefficient (Wildman–Crippen LogP) is 18.1. The standard InChI is InChI=1S/C66H43BrN4O/c1-66(2)57-31-28-43(36-56(57)51-29-26-44(37-58(51)66)39-12-7-16-45(32-39)50-22-11-23-55-52-20-3-5-24-59(52)68-62(50)55)41-14-9-18-47(34-41)64-69-63(46-17-8-13-40(33-46)42-15-10-19-49(67)35-42)70-65(71-64)48-27-30-54-53-21-4-6-25-60(53)72-61(54)38-48/h3-38,68H,1-2H3. The molecule has 6 heteroatoms. The highest BCUT2D eigenvalue weighted by molar-refractivity contribution is 9.10. The number of H-pyrrole nitrogens is 1. The minimum Gasteiger partial charge on any atom is -0.456 e. The lowest BCUT2D eigenvalue weighted by molar-refractivity contribution is 0.660. The number of nitrogens with one attached hydrogen (secondary N) is 1. The van der Waals surface area contributed by atoms with Gasteiger partial charge < -0.3 is 9.40 Å². The van der Waals surface area contributed by atoms with Gasteiger partial charge in [-0.2, -0.15) is 0 Å². The van der Waals surface area contributed by atoms with Gasteiger partial charge in [0.15, 0.2) is 17.5 Å². The van der Waals surface area contributed by atoms with Crippen LogP contribution >= 0.6 is 15.9 Å². The number of nitrogens with zero attached hydrogens (tertiary/aromatic N) is 3. The molecule has 0 aliphatic heterocycles. The molecular weight excluding hydrogens is 945 g/mol. The number of furan rings is 1. The molecule has 0 saturated carbocycles. The summed E-state index contributed by atoms with van der Waals surface area (Å²) >= 11 is 3.66. The summed E-state index contributed by atoms with van der Waals surface area (Å²) in [5, 5.41) is 4.63. The maximum atomic E-state index is 6.34. The Morgan fingerprint density at radius 3 is 1.62 bits per heavy atom. The number of hydrogen-bond acceptors (Lipinski definition) is 4. The molecule has 14 rings (SSSR count). The van der Waals surface area contributed by atoms with Crippen LogP contribution in [0.25, 0.3) is 134 Å². The van der Waals surface area contributed by atoms with Gasteiger partial charge in [0.05, 0.1) is 5.52 Å². The Morgan fingerprint density at radius 2 is 0.889 bits per heavy atom. The molecule has 5 nitrogen and oxygen atoms in total. The van der Waals surface area contributed by atoms with E-state index >= 15 is 0 Å². The van der Waals surface area contributed by atoms with Crippen LogP contribution in [-0.2, 0) is 5.41 Å². The van der Waals surface area contributed by atoms with Crippen molar-refractivity contribution in [2.24, 2.45) is 0 Å². The van der Waals surface area contributed by atoms with E-state index in [0.29, 0.717) is 17.5 Å². The van der Waals surface area contributed by atoms with Crippen molar-refractivity contribution in [2.75, 3.05) is 0 Å². The molecule has 3 heterocycles. The molecule has 3 aromatic heterocycles. The van der Waals surface area contributed by atoms with Gasteiger partial charge in [-0.3, -0.25) is 0 Å². The SMILES string of the molecule is CC1(C)c2ccc(-c3cccc(-c4nc(-c5cccc(-c6cccc(Br)c6)c5)nc(-c5ccc6c(c5)oc5ccccc56)n4)c3)cc2-c2ccc(-c3cccc(-c4cccc5c4[nH]c4ccccc45)c3)cc21. The number of para-hydroxylation sites is 3. The molecule has 0 bridgehead atoms. The quantitative estimate of drug-likeness (QED) is 0.173. The molecule has 10 aromatic carbocycles. The number of hydrogen-bond donors (Lipinski definition) is 1. The van der Waals surface area contributed by atoms with Gasteiger partial charge in [0.25, 0.3) is 0 Å². The van der Waals surface area contributed by atoms with Gasteiger partial charge in [-0.25, -0.2) is 15.0 Å². The normalized spacial score (nSPS) is 12.8. The van der Waals surface area contributed by atoms with Gasteiger partial charge >= 0.3 is 0 Å². The van der Waals surface area contributed by atoms with Crippen LogP contribution in [0.2, 0.25) is 0 Å². The Morgan fingerprint density at radius 1 is 0.361 bits per heavy atom. The second-order valence-electron chi connectivity index (χ2n) is 19.4. The Labute approximate surface area is 424 Å². The minimum atomic E-state index is -0.189. The van der Waals surface area contributed by atoms with Gasteiger partial charge in [-0.1, -0.05) is 181 Å². The summed E-state index contributed by atoms with van der Waals surface area (Å²) in [5.74, 6) is 1.76. The van der Waals surface area contributed by atoms with Crippen molar-refractivity contribution in [2.45, 2.75) is 19.3 Å². The lowest BCUT2D eigenvalue weighted by Crippen LogP contribution is -2.15. The van der Waals surface area contributed by atoms with E-state index in [1.54, 1.807) is 0 Å². The van der Waals surface area contributed by atoms with Crippen molar-refractivity contribution in [1.29, 1.82) is 0 Å². The summed E-state index contributed by atoms with van der Waals surface area (Å²) < 4.78 is 7.36. The van der Waals surface area contributed by atoms with Crippen molar-refractivity contribution in [3.05, 3.63) is 234 Å². The average Bonchev–Trinajstić information content (AvgIpc) is 4.07. The zero-order valence-electron chi connectivity index (χ0n) is 39.4. The molecule has 1 aliphatic rings. The molecule has 0 amide bonds. The van der Waals surface area contributed by atoms with Crippen LogP contribution in [0.5, 0.6) is 0 Å². The number of rotatable bonds is 7. The molecule has 0 saturated heterocycles. The van der Waals surface area contributed by atoms with Crippen LogP contribution in [-0.4, -0.2) is 19.9 Å². The first-order chi connectivity index (χ1) is 35.3. The summed E-state index contributed by atoms with van der Waals surface area (Å²) in [6, 6.07) is 77.8. The van der Waals surface area contributed by atoms with Crippen molar-refractivity contribution >= 4 is 59.7 Å². The minimum absolute atomic E-state index is 0.189. The van der Waals surface area contributed by atoms with E-state index in [1.165, 1.54) is 60.8 Å². The first-order valence-corrected chi connectivity index (χ1v) is 25.1. The Bertz CT molecular complexity index is 4350. The van der Waals surface area contributed by atoms with Crippen LogP contribution in [0.1, 0.15) is 25.0 Å². The zero-order valence-corrected chi connectivity index (χ0v) is 41.0. The molecule has 0 unspecified atom stereocenters. The van der Waals surface area contributed by atoms with Gasteiger partial charge in [0.1, 0.15) is 11.2 Å². The van der Waals surface area contributed by atoms with E-state index in [0.717, 1.165) is 70.9 Å². The third-order valence-electron chi connectivity index (χ3n) is 14.7. The average molecular weight is 988 g/mol. The second-order valence-corrected chi connectivity index (χ2v) is 20.3. The summed E-state index contributed by atoms with van der Waals surface area (Å²) in [6.45, 7) is 4.70. The maximum absolute atomic E-state index is 6.34. The van der Waals surface area contributed by atoms with Crippen molar-refractivity contribution < 1.29 is 4.42 Å². The van der Waals surface area contributed by atoms with Crippen LogP contribution in [0.15, 0.2) is 227 Å². The lowest BCUT2D eigenvalue weighted by Gasteiger charge is -2.22. The monoisotopic (exact) mass is 986 g/mol. The highest BCUT2D eigenvalue weighted by atomic mass is 79.9. The maximum Gasteiger partial charge on any atom is 0.164 e. The first-order valence-electron chi connectivity index (χ1n) is 24.3. The highest BCUT2D eigenvalue weighted by Crippen LogP contribution is 2.51. The predicted molar refractivity (Wildman–Crippen MR) is 300 cm³/mol. The summed E-state index contributed by atoms with van der Waals surface area (Å²) in [7, 11) is 0. The number of halogens is 1. The Hall–Kier alpha value is -8.71. The highest BCUT2D eigenvalue weighted by Gasteiger charge is 2.36. The topological polar surface area (TPSA) is 67.6 Å². The van der Waals surface area contributed by atoms with Crippen LogP contribution in [0.3, 0.4) is 0 Å². The zero-order chi connectivity index (χ0) is 48.1. The fourth-order valence-electron chi connectivity index (χ4n) is 11.1. The van der Waals surface area contributed by atoms with Crippen LogP contribution in [0, 0.1) is 0 Å². The van der Waals surface area contributed by atoms with Gasteiger partial charge in [0.2, 0.25) is 0 Å². The van der Waals surface area contributed by atoms with Crippen molar-refractivity contribution in [3.63, 3.8) is 0 Å². The molecule has 0 fully saturated rings. The third-order valence-corrected chi connectivity index (χ3v) is 15.2. The number of aromatic nitrogens is 4.